The number of fused-ring (bicyclic) bond motifs is 1. The number of rotatable bonds is 11. The summed E-state index contributed by atoms with van der Waals surface area (Å²) in [5, 5.41) is 5.63. The lowest BCUT2D eigenvalue weighted by Crippen LogP contribution is -2.34. The minimum atomic E-state index is -0.405. The Morgan fingerprint density at radius 2 is 1.88 bits per heavy atom. The van der Waals surface area contributed by atoms with Gasteiger partial charge in [-0.2, -0.15) is 0 Å². The first-order chi connectivity index (χ1) is 20.9. The summed E-state index contributed by atoms with van der Waals surface area (Å²) < 4.78 is 11.1. The molecule has 1 heterocycles. The highest BCUT2D eigenvalue weighted by Crippen LogP contribution is 2.35. The molecule has 1 aromatic rings. The standard InChI is InChI=1S/C35H47N3O5/c1-26-15-16-31-27(2)24-28-11-8-9-12-29(28)25-38(32(31)23-26)34(40)18-17-33(39)36-19-10-21-42-22-20-37-35(41)43-30-13-6-4-3-5-7-14-30/h4,6,8-9,11-12,15-16,24,26,30H,3,5,7,10,13-14,17-23,25H2,1-2H3,(H,36,39)(H,37,41). The number of hydrogen-bond donors (Lipinski definition) is 2. The van der Waals surface area contributed by atoms with Gasteiger partial charge in [0.25, 0.3) is 0 Å². The molecule has 1 aromatic carbocycles. The van der Waals surface area contributed by atoms with E-state index >= 15 is 0 Å². The van der Waals surface area contributed by atoms with Gasteiger partial charge in [-0.15, -0.1) is 0 Å². The van der Waals surface area contributed by atoms with Crippen molar-refractivity contribution in [1.82, 2.24) is 15.5 Å². The molecule has 3 amide bonds. The van der Waals surface area contributed by atoms with Crippen molar-refractivity contribution in [3.63, 3.8) is 0 Å². The largest absolute Gasteiger partial charge is 0.446 e. The summed E-state index contributed by atoms with van der Waals surface area (Å²) in [7, 11) is 0. The molecule has 8 nitrogen and oxygen atoms in total. The maximum Gasteiger partial charge on any atom is 0.407 e. The third-order valence-corrected chi connectivity index (χ3v) is 8.08. The lowest BCUT2D eigenvalue weighted by atomic mass is 9.88. The number of nitrogens with one attached hydrogen (secondary N) is 2. The van der Waals surface area contributed by atoms with Crippen LogP contribution >= 0.6 is 0 Å². The summed E-state index contributed by atoms with van der Waals surface area (Å²) in [4.78, 5) is 40.0. The van der Waals surface area contributed by atoms with E-state index in [-0.39, 0.29) is 30.8 Å². The fourth-order valence-electron chi connectivity index (χ4n) is 5.68. The minimum Gasteiger partial charge on any atom is -0.446 e. The van der Waals surface area contributed by atoms with Crippen LogP contribution in [0, 0.1) is 5.92 Å². The minimum absolute atomic E-state index is 0.0324. The van der Waals surface area contributed by atoms with E-state index in [0.717, 1.165) is 66.5 Å². The zero-order valence-corrected chi connectivity index (χ0v) is 25.7. The van der Waals surface area contributed by atoms with Crippen molar-refractivity contribution in [2.75, 3.05) is 26.3 Å². The number of benzene rings is 1. The number of carbonyl (C=O) groups is 3. The van der Waals surface area contributed by atoms with Gasteiger partial charge in [0.15, 0.2) is 0 Å². The van der Waals surface area contributed by atoms with Crippen molar-refractivity contribution in [2.24, 2.45) is 5.92 Å². The molecule has 2 N–H and O–H groups in total. The number of hydrogen-bond acceptors (Lipinski definition) is 5. The molecule has 0 spiro atoms. The average molecular weight is 590 g/mol. The van der Waals surface area contributed by atoms with Crippen LogP contribution in [-0.2, 0) is 25.6 Å². The van der Waals surface area contributed by atoms with Gasteiger partial charge in [-0.1, -0.05) is 61.6 Å². The molecule has 0 aromatic heterocycles. The topological polar surface area (TPSA) is 97.0 Å². The summed E-state index contributed by atoms with van der Waals surface area (Å²) in [5.41, 5.74) is 5.51. The Labute approximate surface area is 256 Å². The van der Waals surface area contributed by atoms with Crippen LogP contribution in [0.2, 0.25) is 0 Å². The second kappa shape index (κ2) is 16.8. The van der Waals surface area contributed by atoms with E-state index in [0.29, 0.717) is 45.2 Å². The molecule has 2 unspecified atom stereocenters. The molecule has 232 valence electrons. The molecular weight excluding hydrogens is 542 g/mol. The van der Waals surface area contributed by atoms with Gasteiger partial charge in [0.05, 0.1) is 13.2 Å². The Bertz CT molecular complexity index is 1250. The highest BCUT2D eigenvalue weighted by atomic mass is 16.6. The fourth-order valence-corrected chi connectivity index (χ4v) is 5.68. The molecule has 3 aliphatic rings. The second-order valence-electron chi connectivity index (χ2n) is 11.7. The number of ether oxygens (including phenoxy) is 2. The molecule has 0 radical (unpaired) electrons. The summed E-state index contributed by atoms with van der Waals surface area (Å²) in [6.45, 7) is 6.44. The van der Waals surface area contributed by atoms with E-state index in [4.69, 9.17) is 9.47 Å². The molecule has 0 bridgehead atoms. The molecule has 0 saturated heterocycles. The zero-order valence-electron chi connectivity index (χ0n) is 25.7. The van der Waals surface area contributed by atoms with Gasteiger partial charge >= 0.3 is 6.09 Å². The Morgan fingerprint density at radius 3 is 2.77 bits per heavy atom. The Hall–Kier alpha value is -3.65. The van der Waals surface area contributed by atoms with Gasteiger partial charge in [0.2, 0.25) is 11.8 Å². The molecule has 4 rings (SSSR count). The smallest absolute Gasteiger partial charge is 0.407 e. The Morgan fingerprint density at radius 1 is 1.02 bits per heavy atom. The first kappa shape index (κ1) is 32.3. The van der Waals surface area contributed by atoms with E-state index in [1.165, 1.54) is 0 Å². The van der Waals surface area contributed by atoms with Crippen LogP contribution in [0.15, 0.2) is 65.4 Å². The van der Waals surface area contributed by atoms with Crippen LogP contribution in [0.1, 0.15) is 82.8 Å². The summed E-state index contributed by atoms with van der Waals surface area (Å²) in [5.74, 6) is 0.173. The van der Waals surface area contributed by atoms with Gasteiger partial charge < -0.3 is 25.0 Å². The van der Waals surface area contributed by atoms with Crippen molar-refractivity contribution in [1.29, 1.82) is 0 Å². The van der Waals surface area contributed by atoms with Crippen molar-refractivity contribution in [3.05, 3.63) is 76.5 Å². The molecule has 0 saturated carbocycles. The lowest BCUT2D eigenvalue weighted by Gasteiger charge is -2.33. The van der Waals surface area contributed by atoms with Crippen molar-refractivity contribution in [2.45, 2.75) is 84.3 Å². The molecule has 1 aliphatic heterocycles. The van der Waals surface area contributed by atoms with E-state index in [2.05, 4.69) is 67.0 Å². The zero-order chi connectivity index (χ0) is 30.4. The molecular formula is C35H47N3O5. The number of allylic oxidation sites excluding steroid dienone is 6. The molecule has 2 aliphatic carbocycles. The third kappa shape index (κ3) is 10.2. The summed E-state index contributed by atoms with van der Waals surface area (Å²) in [6.07, 6.45) is 17.0. The number of nitrogens with zero attached hydrogens (tertiary/aromatic N) is 1. The van der Waals surface area contributed by atoms with E-state index in [1.807, 2.05) is 17.0 Å². The Kier molecular flexibility index (Phi) is 12.6. The predicted octanol–water partition coefficient (Wildman–Crippen LogP) is 6.20. The maximum absolute atomic E-state index is 13.5. The van der Waals surface area contributed by atoms with Gasteiger partial charge in [0, 0.05) is 44.7 Å². The fraction of sp³-hybridized carbons (Fsp3) is 0.514. The van der Waals surface area contributed by atoms with Crippen molar-refractivity contribution < 1.29 is 23.9 Å². The quantitative estimate of drug-likeness (QED) is 0.237. The van der Waals surface area contributed by atoms with E-state index < -0.39 is 6.09 Å². The number of alkyl carbamates (subject to hydrolysis) is 1. The lowest BCUT2D eigenvalue weighted by molar-refractivity contribution is -0.132. The average Bonchev–Trinajstić information content (AvgIpc) is 2.97. The third-order valence-electron chi connectivity index (χ3n) is 8.08. The predicted molar refractivity (Wildman–Crippen MR) is 169 cm³/mol. The Balaban J connectivity index is 1.14. The van der Waals surface area contributed by atoms with Gasteiger partial charge in [-0.3, -0.25) is 9.59 Å². The number of amides is 3. The molecule has 0 fully saturated rings. The monoisotopic (exact) mass is 589 g/mol. The first-order valence-electron chi connectivity index (χ1n) is 15.8. The van der Waals surface area contributed by atoms with Crippen LogP contribution in [0.25, 0.3) is 6.08 Å². The van der Waals surface area contributed by atoms with Crippen LogP contribution in [0.4, 0.5) is 4.79 Å². The summed E-state index contributed by atoms with van der Waals surface area (Å²) in [6, 6.07) is 8.18. The van der Waals surface area contributed by atoms with Gasteiger partial charge in [-0.05, 0) is 73.6 Å². The maximum atomic E-state index is 13.5. The van der Waals surface area contributed by atoms with Crippen molar-refractivity contribution in [3.8, 4) is 0 Å². The molecule has 8 heteroatoms. The van der Waals surface area contributed by atoms with Crippen LogP contribution in [0.5, 0.6) is 0 Å². The second-order valence-corrected chi connectivity index (χ2v) is 11.7. The van der Waals surface area contributed by atoms with Crippen LogP contribution in [-0.4, -0.2) is 55.2 Å². The van der Waals surface area contributed by atoms with Gasteiger partial charge in [0.1, 0.15) is 6.10 Å². The highest BCUT2D eigenvalue weighted by molar-refractivity contribution is 5.85. The van der Waals surface area contributed by atoms with E-state index in [1.54, 1.807) is 0 Å². The molecule has 43 heavy (non-hydrogen) atoms. The van der Waals surface area contributed by atoms with E-state index in [9.17, 15) is 14.4 Å². The highest BCUT2D eigenvalue weighted by Gasteiger charge is 2.27. The van der Waals surface area contributed by atoms with Crippen molar-refractivity contribution >= 4 is 24.0 Å². The SMILES string of the molecule is CC1=Cc2ccccc2CN(C(=O)CCC(=O)NCCCOCCNC(=O)OC2CC=CCCCC2)C2=C1C=CC(C)C2. The molecule has 2 atom stereocenters. The van der Waals surface area contributed by atoms with Crippen LogP contribution in [0.3, 0.4) is 0 Å². The normalized spacial score (nSPS) is 20.0. The number of carbonyl (C=O) groups excluding carboxylic acids is 3. The summed E-state index contributed by atoms with van der Waals surface area (Å²) >= 11 is 0. The van der Waals surface area contributed by atoms with Crippen LogP contribution < -0.4 is 10.6 Å². The van der Waals surface area contributed by atoms with Gasteiger partial charge in [-0.25, -0.2) is 4.79 Å². The first-order valence-corrected chi connectivity index (χ1v) is 15.8.